The smallest absolute Gasteiger partial charge is 0.129 e. The summed E-state index contributed by atoms with van der Waals surface area (Å²) in [5.41, 5.74) is 4.73. The van der Waals surface area contributed by atoms with Crippen LogP contribution in [0.3, 0.4) is 0 Å². The lowest BCUT2D eigenvalue weighted by Crippen LogP contribution is -2.69. The van der Waals surface area contributed by atoms with E-state index in [9.17, 15) is 29.7 Å². The zero-order valence-electron chi connectivity index (χ0n) is 11.5. The van der Waals surface area contributed by atoms with E-state index in [0.717, 1.165) is 0 Å². The molecule has 8 heteroatoms. The summed E-state index contributed by atoms with van der Waals surface area (Å²) in [6.07, 6.45) is -0.116. The van der Waals surface area contributed by atoms with Gasteiger partial charge in [0.15, 0.2) is 0 Å². The molecule has 1 aromatic carbocycles. The van der Waals surface area contributed by atoms with Crippen LogP contribution in [0.4, 0.5) is 5.69 Å². The van der Waals surface area contributed by atoms with Crippen LogP contribution in [0.5, 0.6) is 0 Å². The van der Waals surface area contributed by atoms with Crippen molar-refractivity contribution in [2.75, 3.05) is 5.32 Å². The monoisotopic (exact) mass is 306 g/mol. The molecule has 1 aliphatic rings. The number of carboxylic acid groups (broad SMARTS) is 3. The molecule has 1 aromatic rings. The van der Waals surface area contributed by atoms with E-state index in [1.165, 1.54) is 12.1 Å². The Morgan fingerprint density at radius 3 is 2.45 bits per heavy atom. The fourth-order valence-corrected chi connectivity index (χ4v) is 2.51. The molecule has 2 rings (SSSR count). The summed E-state index contributed by atoms with van der Waals surface area (Å²) >= 11 is 0. The highest BCUT2D eigenvalue weighted by Gasteiger charge is 2.28. The number of hydrogen-bond acceptors (Lipinski definition) is 7. The Hall–Kier alpha value is -2.61. The van der Waals surface area contributed by atoms with Crippen molar-refractivity contribution in [1.29, 1.82) is 0 Å². The molecule has 0 amide bonds. The quantitative estimate of drug-likeness (QED) is 0.553. The SMILES string of the molecule is [NH3+]C(Cc1ccc2c(c1)C(C(=O)[O-])CC(C(=O)[O-])N2)C(=O)[O-]. The average Bonchev–Trinajstić information content (AvgIpc) is 2.45. The normalized spacial score (nSPS) is 21.3. The molecule has 4 N–H and O–H groups in total. The molecule has 0 fully saturated rings. The van der Waals surface area contributed by atoms with Crippen molar-refractivity contribution in [3.05, 3.63) is 29.3 Å². The second-order valence-electron chi connectivity index (χ2n) is 5.26. The topological polar surface area (TPSA) is 160 Å². The van der Waals surface area contributed by atoms with Gasteiger partial charge in [-0.3, -0.25) is 0 Å². The molecule has 0 saturated carbocycles. The lowest BCUT2D eigenvalue weighted by Gasteiger charge is -2.34. The third-order valence-corrected chi connectivity index (χ3v) is 3.68. The summed E-state index contributed by atoms with van der Waals surface area (Å²) in [5.74, 6) is -5.19. The zero-order valence-corrected chi connectivity index (χ0v) is 11.5. The standard InChI is InChI=1S/C14H16N2O6/c15-9(13(19)20)4-6-1-2-10-7(3-6)8(12(17)18)5-11(16-10)14(21)22/h1-3,8-9,11,16H,4-5,15H2,(H,17,18)(H,19,20)(H,21,22)/p-2. The first-order valence-corrected chi connectivity index (χ1v) is 6.64. The van der Waals surface area contributed by atoms with Crippen LogP contribution in [-0.2, 0) is 20.8 Å². The third kappa shape index (κ3) is 3.17. The second kappa shape index (κ2) is 6.02. The maximum Gasteiger partial charge on any atom is 0.129 e. The van der Waals surface area contributed by atoms with Gasteiger partial charge in [-0.25, -0.2) is 0 Å². The second-order valence-corrected chi connectivity index (χ2v) is 5.26. The number of hydrogen-bond donors (Lipinski definition) is 2. The summed E-state index contributed by atoms with van der Waals surface area (Å²) < 4.78 is 0. The first-order chi connectivity index (χ1) is 10.3. The van der Waals surface area contributed by atoms with E-state index >= 15 is 0 Å². The van der Waals surface area contributed by atoms with Crippen molar-refractivity contribution in [2.45, 2.75) is 30.8 Å². The Balaban J connectivity index is 2.34. The van der Waals surface area contributed by atoms with Gasteiger partial charge < -0.3 is 40.8 Å². The van der Waals surface area contributed by atoms with Gasteiger partial charge in [0.1, 0.15) is 6.04 Å². The van der Waals surface area contributed by atoms with Crippen LogP contribution >= 0.6 is 0 Å². The number of nitrogens with one attached hydrogen (secondary N) is 1. The molecule has 3 unspecified atom stereocenters. The Kier molecular flexibility index (Phi) is 4.32. The minimum atomic E-state index is -1.39. The molecule has 118 valence electrons. The fraction of sp³-hybridized carbons (Fsp3) is 0.357. The molecule has 0 saturated heterocycles. The summed E-state index contributed by atoms with van der Waals surface area (Å²) in [7, 11) is 0. The van der Waals surface area contributed by atoms with Crippen LogP contribution < -0.4 is 26.4 Å². The lowest BCUT2D eigenvalue weighted by molar-refractivity contribution is -0.437. The summed E-state index contributed by atoms with van der Waals surface area (Å²) in [5, 5.41) is 35.6. The molecule has 8 nitrogen and oxygen atoms in total. The number of carbonyl (C=O) groups excluding carboxylic acids is 3. The van der Waals surface area contributed by atoms with Gasteiger partial charge in [-0.05, 0) is 23.6 Å². The minimum Gasteiger partial charge on any atom is -0.549 e. The van der Waals surface area contributed by atoms with E-state index in [1.807, 2.05) is 0 Å². The van der Waals surface area contributed by atoms with Gasteiger partial charge in [-0.15, -0.1) is 0 Å². The molecule has 22 heavy (non-hydrogen) atoms. The molecule has 0 aromatic heterocycles. The number of aliphatic carboxylic acids is 3. The third-order valence-electron chi connectivity index (χ3n) is 3.68. The fourth-order valence-electron chi connectivity index (χ4n) is 2.51. The number of carbonyl (C=O) groups is 3. The van der Waals surface area contributed by atoms with Crippen LogP contribution in [0.15, 0.2) is 18.2 Å². The van der Waals surface area contributed by atoms with Gasteiger partial charge in [0.25, 0.3) is 0 Å². The molecule has 1 aliphatic heterocycles. The molecule has 1 heterocycles. The van der Waals surface area contributed by atoms with E-state index in [0.29, 0.717) is 16.8 Å². The Morgan fingerprint density at radius 2 is 1.91 bits per heavy atom. The van der Waals surface area contributed by atoms with Gasteiger partial charge in [0.05, 0.1) is 18.0 Å². The Morgan fingerprint density at radius 1 is 1.23 bits per heavy atom. The van der Waals surface area contributed by atoms with Gasteiger partial charge in [0.2, 0.25) is 0 Å². The maximum absolute atomic E-state index is 11.3. The molecule has 0 spiro atoms. The van der Waals surface area contributed by atoms with Gasteiger partial charge in [-0.1, -0.05) is 12.1 Å². The van der Waals surface area contributed by atoms with E-state index in [2.05, 4.69) is 11.1 Å². The van der Waals surface area contributed by atoms with Crippen LogP contribution in [0.25, 0.3) is 0 Å². The van der Waals surface area contributed by atoms with Crippen molar-refractivity contribution < 1.29 is 35.4 Å². The number of carboxylic acids is 3. The molecule has 0 aliphatic carbocycles. The predicted octanol–water partition coefficient (Wildman–Crippen LogP) is -4.64. The van der Waals surface area contributed by atoms with Crippen molar-refractivity contribution >= 4 is 23.6 Å². The van der Waals surface area contributed by atoms with Gasteiger partial charge >= 0.3 is 0 Å². The zero-order chi connectivity index (χ0) is 16.4. The van der Waals surface area contributed by atoms with E-state index in [4.69, 9.17) is 0 Å². The largest absolute Gasteiger partial charge is 0.549 e. The first-order valence-electron chi connectivity index (χ1n) is 6.64. The molecule has 3 atom stereocenters. The Bertz CT molecular complexity index is 630. The van der Waals surface area contributed by atoms with Crippen molar-refractivity contribution in [1.82, 2.24) is 0 Å². The Labute approximate surface area is 125 Å². The lowest BCUT2D eigenvalue weighted by atomic mass is 9.85. The number of quaternary nitrogens is 1. The summed E-state index contributed by atoms with van der Waals surface area (Å²) in [6.45, 7) is 0. The highest BCUT2D eigenvalue weighted by molar-refractivity contribution is 5.84. The average molecular weight is 306 g/mol. The predicted molar refractivity (Wildman–Crippen MR) is 66.6 cm³/mol. The molecular weight excluding hydrogens is 292 g/mol. The summed E-state index contributed by atoms with van der Waals surface area (Å²) in [4.78, 5) is 32.9. The van der Waals surface area contributed by atoms with E-state index < -0.39 is 35.9 Å². The maximum atomic E-state index is 11.3. The number of fused-ring (bicyclic) bond motifs is 1. The highest BCUT2D eigenvalue weighted by atomic mass is 16.4. The van der Waals surface area contributed by atoms with Crippen molar-refractivity contribution in [2.24, 2.45) is 0 Å². The first kappa shape index (κ1) is 15.8. The van der Waals surface area contributed by atoms with E-state index in [-0.39, 0.29) is 12.8 Å². The van der Waals surface area contributed by atoms with Gasteiger partial charge in [-0.2, -0.15) is 0 Å². The highest BCUT2D eigenvalue weighted by Crippen LogP contribution is 2.34. The van der Waals surface area contributed by atoms with E-state index in [1.54, 1.807) is 6.07 Å². The van der Waals surface area contributed by atoms with Crippen LogP contribution in [0.2, 0.25) is 0 Å². The number of anilines is 1. The summed E-state index contributed by atoms with van der Waals surface area (Å²) in [6, 6.07) is 2.53. The van der Waals surface area contributed by atoms with Crippen molar-refractivity contribution in [3.63, 3.8) is 0 Å². The van der Waals surface area contributed by atoms with Crippen LogP contribution in [0, 0.1) is 0 Å². The number of rotatable bonds is 5. The molecule has 0 radical (unpaired) electrons. The number of benzene rings is 1. The van der Waals surface area contributed by atoms with Crippen LogP contribution in [0.1, 0.15) is 23.5 Å². The van der Waals surface area contributed by atoms with Crippen molar-refractivity contribution in [3.8, 4) is 0 Å². The van der Waals surface area contributed by atoms with Crippen LogP contribution in [-0.4, -0.2) is 30.0 Å². The minimum absolute atomic E-state index is 0.0826. The molecule has 0 bridgehead atoms. The van der Waals surface area contributed by atoms with Gasteiger partial charge in [0, 0.05) is 24.0 Å². The molecular formula is C14H14N2O6-2.